The van der Waals surface area contributed by atoms with Crippen LogP contribution < -0.4 is 5.73 Å². The molecule has 0 spiro atoms. The molecule has 0 aliphatic heterocycles. The highest BCUT2D eigenvalue weighted by Gasteiger charge is 2.24. The van der Waals surface area contributed by atoms with E-state index in [9.17, 15) is 0 Å². The van der Waals surface area contributed by atoms with E-state index in [-0.39, 0.29) is 0 Å². The highest BCUT2D eigenvalue weighted by atomic mass is 79.9. The van der Waals surface area contributed by atoms with Crippen molar-refractivity contribution in [2.45, 2.75) is 39.2 Å². The lowest BCUT2D eigenvalue weighted by Crippen LogP contribution is -1.98. The molecule has 1 fully saturated rings. The normalized spacial score (nSPS) is 14.6. The van der Waals surface area contributed by atoms with E-state index in [1.165, 1.54) is 18.4 Å². The Hall–Kier alpha value is -0.870. The summed E-state index contributed by atoms with van der Waals surface area (Å²) in [5, 5.41) is 4.40. The number of hydrogen-bond acceptors (Lipinski definition) is 2. The fraction of sp³-hybridized carbons (Fsp3) is 0.462. The molecule has 2 heterocycles. The summed E-state index contributed by atoms with van der Waals surface area (Å²) in [5.41, 5.74) is 9.06. The zero-order valence-corrected chi connectivity index (χ0v) is 11.9. The third-order valence-corrected chi connectivity index (χ3v) is 3.41. The Bertz CT molecular complexity index is 515. The van der Waals surface area contributed by atoms with Crippen LogP contribution in [0.2, 0.25) is 0 Å². The van der Waals surface area contributed by atoms with E-state index in [1.54, 1.807) is 0 Å². The topological polar surface area (TPSA) is 43.3 Å². The molecule has 0 unspecified atom stereocenters. The van der Waals surface area contributed by atoms with E-state index in [0.717, 1.165) is 21.7 Å². The zero-order chi connectivity index (χ0) is 12.4. The van der Waals surface area contributed by atoms with Crippen molar-refractivity contribution in [3.05, 3.63) is 34.1 Å². The first-order chi connectivity index (χ1) is 8.28. The highest BCUT2D eigenvalue weighted by Crippen LogP contribution is 2.41. The minimum atomic E-state index is 0.493. The molecule has 2 aromatic rings. The molecular formula is C13H18BrN3. The van der Waals surface area contributed by atoms with Gasteiger partial charge in [-0.05, 0) is 58.5 Å². The van der Waals surface area contributed by atoms with Crippen LogP contribution in [-0.2, 0) is 6.54 Å². The Morgan fingerprint density at radius 2 is 2.06 bits per heavy atom. The third kappa shape index (κ3) is 2.53. The van der Waals surface area contributed by atoms with Gasteiger partial charge in [0.05, 0.1) is 11.2 Å². The molecule has 0 bridgehead atoms. The largest absolute Gasteiger partial charge is 0.325 e. The smallest absolute Gasteiger partial charge is 0.108 e. The second-order valence-electron chi connectivity index (χ2n) is 4.06. The average Bonchev–Trinajstić information content (AvgIpc) is 3.12. The van der Waals surface area contributed by atoms with Crippen molar-refractivity contribution in [3.63, 3.8) is 0 Å². The summed E-state index contributed by atoms with van der Waals surface area (Å²) < 4.78 is 2.91. The third-order valence-electron chi connectivity index (χ3n) is 2.85. The molecule has 0 radical (unpaired) electrons. The van der Waals surface area contributed by atoms with Crippen LogP contribution in [0.1, 0.15) is 43.9 Å². The molecule has 1 saturated carbocycles. The van der Waals surface area contributed by atoms with E-state index < -0.39 is 0 Å². The maximum atomic E-state index is 5.58. The van der Waals surface area contributed by atoms with Crippen molar-refractivity contribution in [1.82, 2.24) is 9.61 Å². The molecule has 2 N–H and O–H groups in total. The molecule has 0 atom stereocenters. The minimum Gasteiger partial charge on any atom is -0.325 e. The lowest BCUT2D eigenvalue weighted by molar-refractivity contribution is 0.864. The van der Waals surface area contributed by atoms with Gasteiger partial charge in [0.2, 0.25) is 0 Å². The molecule has 0 saturated heterocycles. The van der Waals surface area contributed by atoms with Gasteiger partial charge in [0.25, 0.3) is 0 Å². The van der Waals surface area contributed by atoms with Gasteiger partial charge in [0.15, 0.2) is 0 Å². The van der Waals surface area contributed by atoms with E-state index in [2.05, 4.69) is 39.2 Å². The second-order valence-corrected chi connectivity index (χ2v) is 4.87. The minimum absolute atomic E-state index is 0.493. The van der Waals surface area contributed by atoms with Gasteiger partial charge in [-0.25, -0.2) is 4.52 Å². The second kappa shape index (κ2) is 5.19. The summed E-state index contributed by atoms with van der Waals surface area (Å²) >= 11 is 3.55. The van der Waals surface area contributed by atoms with Gasteiger partial charge in [-0.1, -0.05) is 13.8 Å². The number of pyridine rings is 1. The molecule has 4 heteroatoms. The van der Waals surface area contributed by atoms with Crippen molar-refractivity contribution in [2.75, 3.05) is 0 Å². The van der Waals surface area contributed by atoms with Crippen LogP contribution in [-0.4, -0.2) is 9.61 Å². The molecule has 17 heavy (non-hydrogen) atoms. The molecule has 0 amide bonds. The van der Waals surface area contributed by atoms with Crippen LogP contribution in [0.25, 0.3) is 5.52 Å². The number of hydrogen-bond donors (Lipinski definition) is 1. The van der Waals surface area contributed by atoms with Crippen LogP contribution in [0, 0.1) is 0 Å². The zero-order valence-electron chi connectivity index (χ0n) is 10.3. The van der Waals surface area contributed by atoms with E-state index in [4.69, 9.17) is 5.73 Å². The van der Waals surface area contributed by atoms with Crippen molar-refractivity contribution in [2.24, 2.45) is 5.73 Å². The van der Waals surface area contributed by atoms with E-state index >= 15 is 0 Å². The lowest BCUT2D eigenvalue weighted by Gasteiger charge is -2.02. The van der Waals surface area contributed by atoms with Gasteiger partial charge in [0, 0.05) is 6.54 Å². The quantitative estimate of drug-likeness (QED) is 0.862. The van der Waals surface area contributed by atoms with E-state index in [1.807, 2.05) is 18.4 Å². The van der Waals surface area contributed by atoms with Crippen LogP contribution in [0.3, 0.4) is 0 Å². The highest BCUT2D eigenvalue weighted by molar-refractivity contribution is 9.10. The number of fused-ring (bicyclic) bond motifs is 1. The number of halogens is 1. The van der Waals surface area contributed by atoms with E-state index in [0.29, 0.717) is 6.54 Å². The monoisotopic (exact) mass is 295 g/mol. The first-order valence-electron chi connectivity index (χ1n) is 6.16. The number of aromatic nitrogens is 2. The summed E-state index contributed by atoms with van der Waals surface area (Å²) in [7, 11) is 0. The van der Waals surface area contributed by atoms with Crippen molar-refractivity contribution in [3.8, 4) is 0 Å². The van der Waals surface area contributed by atoms with Crippen LogP contribution in [0.5, 0.6) is 0 Å². The standard InChI is InChI=1S/C11H12BrN3.C2H6/c12-11-4-8(7-1-2-7)3-10-5-9(6-13)14-15(10)11;1-2/h3-5,7H,1-2,6,13H2;1-2H3. The molecule has 0 aromatic carbocycles. The predicted molar refractivity (Wildman–Crippen MR) is 74.1 cm³/mol. The Balaban J connectivity index is 0.000000514. The molecule has 1 aliphatic rings. The predicted octanol–water partition coefficient (Wildman–Crippen LogP) is 3.46. The summed E-state index contributed by atoms with van der Waals surface area (Å²) in [4.78, 5) is 0. The van der Waals surface area contributed by atoms with Gasteiger partial charge < -0.3 is 5.73 Å². The average molecular weight is 296 g/mol. The first kappa shape index (κ1) is 12.6. The van der Waals surface area contributed by atoms with Crippen molar-refractivity contribution < 1.29 is 0 Å². The van der Waals surface area contributed by atoms with Crippen LogP contribution in [0.4, 0.5) is 0 Å². The molecule has 3 nitrogen and oxygen atoms in total. The van der Waals surface area contributed by atoms with Gasteiger partial charge >= 0.3 is 0 Å². The molecule has 2 aromatic heterocycles. The number of rotatable bonds is 2. The van der Waals surface area contributed by atoms with Gasteiger partial charge in [0.1, 0.15) is 4.60 Å². The Kier molecular flexibility index (Phi) is 3.84. The molecular weight excluding hydrogens is 278 g/mol. The van der Waals surface area contributed by atoms with Gasteiger partial charge in [-0.3, -0.25) is 0 Å². The van der Waals surface area contributed by atoms with Crippen molar-refractivity contribution >= 4 is 21.4 Å². The SMILES string of the molecule is CC.NCc1cc2cc(C3CC3)cc(Br)n2n1. The van der Waals surface area contributed by atoms with Crippen LogP contribution in [0.15, 0.2) is 22.8 Å². The molecule has 1 aliphatic carbocycles. The summed E-state index contributed by atoms with van der Waals surface area (Å²) in [5.74, 6) is 0.766. The fourth-order valence-corrected chi connectivity index (χ4v) is 2.43. The maximum Gasteiger partial charge on any atom is 0.108 e. The summed E-state index contributed by atoms with van der Waals surface area (Å²) in [6.45, 7) is 4.49. The van der Waals surface area contributed by atoms with Gasteiger partial charge in [-0.15, -0.1) is 0 Å². The Labute approximate surface area is 110 Å². The van der Waals surface area contributed by atoms with Crippen LogP contribution >= 0.6 is 15.9 Å². The lowest BCUT2D eigenvalue weighted by atomic mass is 10.1. The molecule has 92 valence electrons. The number of nitrogens with zero attached hydrogens (tertiary/aromatic N) is 2. The first-order valence-corrected chi connectivity index (χ1v) is 6.95. The fourth-order valence-electron chi connectivity index (χ4n) is 1.88. The van der Waals surface area contributed by atoms with Gasteiger partial charge in [-0.2, -0.15) is 5.10 Å². The molecule has 3 rings (SSSR count). The van der Waals surface area contributed by atoms with Crippen molar-refractivity contribution in [1.29, 1.82) is 0 Å². The number of nitrogens with two attached hydrogens (primary N) is 1. The summed E-state index contributed by atoms with van der Waals surface area (Å²) in [6.07, 6.45) is 2.64. The Morgan fingerprint density at radius 3 is 2.65 bits per heavy atom. The Morgan fingerprint density at radius 1 is 1.35 bits per heavy atom. The maximum absolute atomic E-state index is 5.58. The summed E-state index contributed by atoms with van der Waals surface area (Å²) in [6, 6.07) is 6.43.